The van der Waals surface area contributed by atoms with Crippen LogP contribution in [0.2, 0.25) is 0 Å². The first-order valence-electron chi connectivity index (χ1n) is 6.56. The summed E-state index contributed by atoms with van der Waals surface area (Å²) in [5, 5.41) is 10.3. The molecule has 0 aliphatic heterocycles. The van der Waals surface area contributed by atoms with Gasteiger partial charge in [-0.15, -0.1) is 11.8 Å². The molecule has 0 radical (unpaired) electrons. The van der Waals surface area contributed by atoms with Crippen molar-refractivity contribution >= 4 is 11.8 Å². The number of nitrogens with zero attached hydrogens (tertiary/aromatic N) is 2. The van der Waals surface area contributed by atoms with Gasteiger partial charge in [0.2, 0.25) is 0 Å². The maximum absolute atomic E-state index is 9.48. The van der Waals surface area contributed by atoms with E-state index in [0.29, 0.717) is 12.1 Å². The van der Waals surface area contributed by atoms with E-state index < -0.39 is 0 Å². The van der Waals surface area contributed by atoms with Crippen molar-refractivity contribution in [3.8, 4) is 17.2 Å². The molecule has 0 amide bonds. The molecule has 102 valence electrons. The van der Waals surface area contributed by atoms with Gasteiger partial charge in [-0.2, -0.15) is 5.26 Å². The molecule has 0 unspecified atom stereocenters. The third-order valence-electron chi connectivity index (χ3n) is 2.90. The zero-order chi connectivity index (χ0) is 14.4. The van der Waals surface area contributed by atoms with Gasteiger partial charge in [0.25, 0.3) is 0 Å². The highest BCUT2D eigenvalue weighted by Crippen LogP contribution is 2.31. The zero-order valence-corrected chi connectivity index (χ0v) is 12.3. The van der Waals surface area contributed by atoms with Crippen molar-refractivity contribution in [2.45, 2.75) is 18.4 Å². The molecule has 1 aromatic carbocycles. The van der Waals surface area contributed by atoms with E-state index in [0.717, 1.165) is 34.0 Å². The van der Waals surface area contributed by atoms with E-state index in [-0.39, 0.29) is 0 Å². The normalized spacial score (nSPS) is 10.2. The Morgan fingerprint density at radius 2 is 2.05 bits per heavy atom. The van der Waals surface area contributed by atoms with Gasteiger partial charge in [0.1, 0.15) is 11.1 Å². The van der Waals surface area contributed by atoms with Gasteiger partial charge in [-0.1, -0.05) is 30.3 Å². The predicted octanol–water partition coefficient (Wildman–Crippen LogP) is 3.37. The van der Waals surface area contributed by atoms with Crippen LogP contribution in [0, 0.1) is 18.3 Å². The summed E-state index contributed by atoms with van der Waals surface area (Å²) in [6, 6.07) is 14.2. The molecule has 2 aromatic rings. The van der Waals surface area contributed by atoms with Crippen molar-refractivity contribution < 1.29 is 0 Å². The van der Waals surface area contributed by atoms with E-state index in [1.165, 1.54) is 0 Å². The van der Waals surface area contributed by atoms with E-state index >= 15 is 0 Å². The Balaban J connectivity index is 2.44. The first-order chi connectivity index (χ1) is 9.76. The molecule has 0 saturated heterocycles. The first kappa shape index (κ1) is 14.6. The average molecular weight is 283 g/mol. The van der Waals surface area contributed by atoms with Gasteiger partial charge in [0.05, 0.1) is 5.56 Å². The molecule has 1 heterocycles. The van der Waals surface area contributed by atoms with E-state index in [4.69, 9.17) is 5.73 Å². The average Bonchev–Trinajstić information content (AvgIpc) is 2.48. The molecule has 0 bridgehead atoms. The van der Waals surface area contributed by atoms with Gasteiger partial charge in [-0.25, -0.2) is 4.98 Å². The summed E-state index contributed by atoms with van der Waals surface area (Å²) < 4.78 is 0. The Kier molecular flexibility index (Phi) is 5.16. The van der Waals surface area contributed by atoms with Crippen molar-refractivity contribution in [2.24, 2.45) is 5.73 Å². The van der Waals surface area contributed by atoms with Crippen LogP contribution >= 0.6 is 11.8 Å². The smallest absolute Gasteiger partial charge is 0.115 e. The van der Waals surface area contributed by atoms with Crippen LogP contribution in [0.3, 0.4) is 0 Å². The lowest BCUT2D eigenvalue weighted by Crippen LogP contribution is -2.01. The van der Waals surface area contributed by atoms with Gasteiger partial charge in [0, 0.05) is 17.0 Å². The van der Waals surface area contributed by atoms with Crippen LogP contribution in [0.1, 0.15) is 17.7 Å². The first-order valence-corrected chi connectivity index (χ1v) is 7.55. The molecule has 1 aromatic heterocycles. The number of hydrogen-bond donors (Lipinski definition) is 1. The zero-order valence-electron chi connectivity index (χ0n) is 11.5. The van der Waals surface area contributed by atoms with Crippen LogP contribution < -0.4 is 5.73 Å². The molecule has 2 N–H and O–H groups in total. The summed E-state index contributed by atoms with van der Waals surface area (Å²) >= 11 is 1.61. The topological polar surface area (TPSA) is 62.7 Å². The van der Waals surface area contributed by atoms with E-state index in [2.05, 4.69) is 11.1 Å². The fraction of sp³-hybridized carbons (Fsp3) is 0.250. The Hall–Kier alpha value is -1.83. The highest BCUT2D eigenvalue weighted by molar-refractivity contribution is 7.99. The molecule has 0 aliphatic rings. The third-order valence-corrected chi connectivity index (χ3v) is 3.96. The van der Waals surface area contributed by atoms with Crippen molar-refractivity contribution in [3.63, 3.8) is 0 Å². The molecule has 2 rings (SSSR count). The van der Waals surface area contributed by atoms with Gasteiger partial charge < -0.3 is 5.73 Å². The predicted molar refractivity (Wildman–Crippen MR) is 83.5 cm³/mol. The largest absolute Gasteiger partial charge is 0.330 e. The standard InChI is InChI=1S/C16H17N3S/c1-12-10-14(13-6-3-2-4-7-13)15(11-18)16(19-12)20-9-5-8-17/h2-4,6-7,10H,5,8-9,17H2,1H3. The number of thioether (sulfide) groups is 1. The van der Waals surface area contributed by atoms with Gasteiger partial charge in [-0.3, -0.25) is 0 Å². The highest BCUT2D eigenvalue weighted by atomic mass is 32.2. The molecule has 0 spiro atoms. The molecule has 20 heavy (non-hydrogen) atoms. The SMILES string of the molecule is Cc1cc(-c2ccccc2)c(C#N)c(SCCCN)n1. The van der Waals surface area contributed by atoms with E-state index in [1.807, 2.05) is 43.3 Å². The number of rotatable bonds is 5. The quantitative estimate of drug-likeness (QED) is 0.675. The van der Waals surface area contributed by atoms with Crippen molar-refractivity contribution in [3.05, 3.63) is 47.7 Å². The molecule has 0 atom stereocenters. The monoisotopic (exact) mass is 283 g/mol. The number of benzene rings is 1. The number of aromatic nitrogens is 1. The number of nitrogens with two attached hydrogens (primary N) is 1. The Bertz CT molecular complexity index is 618. The van der Waals surface area contributed by atoms with Gasteiger partial charge >= 0.3 is 0 Å². The second-order valence-corrected chi connectivity index (χ2v) is 5.54. The third kappa shape index (κ3) is 3.38. The van der Waals surface area contributed by atoms with Crippen LogP contribution in [-0.2, 0) is 0 Å². The summed E-state index contributed by atoms with van der Waals surface area (Å²) in [7, 11) is 0. The van der Waals surface area contributed by atoms with Crippen LogP contribution in [0.15, 0.2) is 41.4 Å². The fourth-order valence-corrected chi connectivity index (χ4v) is 2.97. The summed E-state index contributed by atoms with van der Waals surface area (Å²) in [5.74, 6) is 0.885. The summed E-state index contributed by atoms with van der Waals surface area (Å²) in [4.78, 5) is 4.50. The maximum atomic E-state index is 9.48. The van der Waals surface area contributed by atoms with Crippen molar-refractivity contribution in [2.75, 3.05) is 12.3 Å². The van der Waals surface area contributed by atoms with E-state index in [1.54, 1.807) is 11.8 Å². The minimum atomic E-state index is 0.656. The van der Waals surface area contributed by atoms with Crippen molar-refractivity contribution in [1.82, 2.24) is 4.98 Å². The van der Waals surface area contributed by atoms with E-state index in [9.17, 15) is 5.26 Å². The highest BCUT2D eigenvalue weighted by Gasteiger charge is 2.13. The summed E-state index contributed by atoms with van der Waals surface area (Å²) in [5.41, 5.74) is 9.11. The van der Waals surface area contributed by atoms with Crippen molar-refractivity contribution in [1.29, 1.82) is 5.26 Å². The fourth-order valence-electron chi connectivity index (χ4n) is 1.95. The minimum absolute atomic E-state index is 0.656. The Morgan fingerprint density at radius 3 is 2.70 bits per heavy atom. The second kappa shape index (κ2) is 7.09. The number of pyridine rings is 1. The summed E-state index contributed by atoms with van der Waals surface area (Å²) in [6.07, 6.45) is 0.922. The Morgan fingerprint density at radius 1 is 1.30 bits per heavy atom. The minimum Gasteiger partial charge on any atom is -0.330 e. The molecular weight excluding hydrogens is 266 g/mol. The Labute approximate surface area is 123 Å². The lowest BCUT2D eigenvalue weighted by atomic mass is 10.0. The van der Waals surface area contributed by atoms with Crippen LogP contribution in [0.5, 0.6) is 0 Å². The number of aryl methyl sites for hydroxylation is 1. The van der Waals surface area contributed by atoms with Gasteiger partial charge in [-0.05, 0) is 31.5 Å². The number of nitriles is 1. The second-order valence-electron chi connectivity index (χ2n) is 4.46. The van der Waals surface area contributed by atoms with Gasteiger partial charge in [0.15, 0.2) is 0 Å². The molecule has 0 aliphatic carbocycles. The van der Waals surface area contributed by atoms with Crippen LogP contribution in [0.4, 0.5) is 0 Å². The maximum Gasteiger partial charge on any atom is 0.115 e. The molecule has 0 fully saturated rings. The van der Waals surface area contributed by atoms with Crippen LogP contribution in [-0.4, -0.2) is 17.3 Å². The summed E-state index contributed by atoms with van der Waals surface area (Å²) in [6.45, 7) is 2.62. The number of hydrogen-bond acceptors (Lipinski definition) is 4. The lowest BCUT2D eigenvalue weighted by Gasteiger charge is -2.10. The lowest BCUT2D eigenvalue weighted by molar-refractivity contribution is 0.939. The van der Waals surface area contributed by atoms with Crippen LogP contribution in [0.25, 0.3) is 11.1 Å². The molecular formula is C16H17N3S. The molecule has 3 nitrogen and oxygen atoms in total. The molecule has 4 heteroatoms. The molecule has 0 saturated carbocycles.